The number of carbonyl (C=O) groups is 1. The predicted molar refractivity (Wildman–Crippen MR) is 114 cm³/mol. The Morgan fingerprint density at radius 1 is 1.14 bits per heavy atom. The fourth-order valence-corrected chi connectivity index (χ4v) is 4.71. The molecule has 1 N–H and O–H groups in total. The van der Waals surface area contributed by atoms with Crippen molar-refractivity contribution in [3.63, 3.8) is 0 Å². The zero-order valence-corrected chi connectivity index (χ0v) is 17.1. The summed E-state index contributed by atoms with van der Waals surface area (Å²) in [4.78, 5) is 21.1. The lowest BCUT2D eigenvalue weighted by molar-refractivity contribution is 0.192. The second kappa shape index (κ2) is 7.50. The number of aromatic nitrogens is 3. The van der Waals surface area contributed by atoms with Crippen LogP contribution in [0.4, 0.5) is 4.79 Å². The molecule has 29 heavy (non-hydrogen) atoms. The quantitative estimate of drug-likeness (QED) is 0.532. The number of hydrogen-bond acceptors (Lipinski definition) is 4. The zero-order chi connectivity index (χ0) is 19.8. The Morgan fingerprint density at radius 2 is 1.93 bits per heavy atom. The summed E-state index contributed by atoms with van der Waals surface area (Å²) in [6, 6.07) is 17.4. The van der Waals surface area contributed by atoms with Crippen LogP contribution in [0.5, 0.6) is 0 Å². The normalized spacial score (nSPS) is 13.5. The third kappa shape index (κ3) is 3.59. The first-order valence-corrected chi connectivity index (χ1v) is 10.6. The SMILES string of the molecule is O=C(NCc1ccccc1)N1CCc2c(sc3nc(-c4ccc(Cl)cc4)nn23)C1. The number of halogens is 1. The molecule has 1 aliphatic heterocycles. The summed E-state index contributed by atoms with van der Waals surface area (Å²) in [5.41, 5.74) is 3.17. The van der Waals surface area contributed by atoms with Crippen LogP contribution in [-0.2, 0) is 19.5 Å². The molecule has 4 aromatic rings. The minimum Gasteiger partial charge on any atom is -0.334 e. The number of rotatable bonds is 3. The van der Waals surface area contributed by atoms with E-state index < -0.39 is 0 Å². The fraction of sp³-hybridized carbons (Fsp3) is 0.190. The molecule has 2 amide bonds. The first kappa shape index (κ1) is 18.1. The fourth-order valence-electron chi connectivity index (χ4n) is 3.47. The molecule has 3 heterocycles. The minimum atomic E-state index is -0.0413. The lowest BCUT2D eigenvalue weighted by atomic mass is 10.2. The molecule has 6 nitrogen and oxygen atoms in total. The largest absolute Gasteiger partial charge is 0.334 e. The average Bonchev–Trinajstić information content (AvgIpc) is 3.31. The number of amides is 2. The highest BCUT2D eigenvalue weighted by Crippen LogP contribution is 2.29. The Hall–Kier alpha value is -2.90. The topological polar surface area (TPSA) is 62.5 Å². The summed E-state index contributed by atoms with van der Waals surface area (Å²) in [6.07, 6.45) is 0.761. The standard InChI is InChI=1S/C21H18ClN5OS/c22-16-8-6-15(7-9-16)19-24-21-27(25-19)17-10-11-26(13-18(17)29-21)20(28)23-12-14-4-2-1-3-5-14/h1-9H,10-13H2,(H,23,28). The Bertz CT molecular complexity index is 1170. The van der Waals surface area contributed by atoms with Crippen molar-refractivity contribution in [3.05, 3.63) is 75.8 Å². The second-order valence-corrected chi connectivity index (χ2v) is 8.42. The summed E-state index contributed by atoms with van der Waals surface area (Å²) >= 11 is 7.56. The molecule has 0 radical (unpaired) electrons. The van der Waals surface area contributed by atoms with Gasteiger partial charge in [-0.2, -0.15) is 4.98 Å². The van der Waals surface area contributed by atoms with Gasteiger partial charge in [0.1, 0.15) is 0 Å². The van der Waals surface area contributed by atoms with Crippen molar-refractivity contribution in [1.82, 2.24) is 24.8 Å². The highest BCUT2D eigenvalue weighted by atomic mass is 35.5. The molecule has 0 atom stereocenters. The molecule has 0 saturated carbocycles. The minimum absolute atomic E-state index is 0.0413. The van der Waals surface area contributed by atoms with Gasteiger partial charge in [0.25, 0.3) is 0 Å². The predicted octanol–water partition coefficient (Wildman–Crippen LogP) is 4.38. The Kier molecular flexibility index (Phi) is 4.69. The first-order chi connectivity index (χ1) is 14.2. The van der Waals surface area contributed by atoms with E-state index in [1.54, 1.807) is 11.3 Å². The van der Waals surface area contributed by atoms with E-state index >= 15 is 0 Å². The second-order valence-electron chi connectivity index (χ2n) is 6.92. The van der Waals surface area contributed by atoms with Crippen LogP contribution in [0.3, 0.4) is 0 Å². The lowest BCUT2D eigenvalue weighted by Gasteiger charge is -2.26. The van der Waals surface area contributed by atoms with Crippen LogP contribution in [0.1, 0.15) is 16.1 Å². The molecule has 5 rings (SSSR count). The zero-order valence-electron chi connectivity index (χ0n) is 15.5. The van der Waals surface area contributed by atoms with Crippen LogP contribution < -0.4 is 5.32 Å². The number of nitrogens with one attached hydrogen (secondary N) is 1. The first-order valence-electron chi connectivity index (χ1n) is 9.37. The highest BCUT2D eigenvalue weighted by Gasteiger charge is 2.26. The summed E-state index contributed by atoms with van der Waals surface area (Å²) in [5.74, 6) is 0.693. The van der Waals surface area contributed by atoms with Crippen molar-refractivity contribution in [1.29, 1.82) is 0 Å². The summed E-state index contributed by atoms with van der Waals surface area (Å²) in [5, 5.41) is 8.38. The number of benzene rings is 2. The van der Waals surface area contributed by atoms with Gasteiger partial charge >= 0.3 is 6.03 Å². The van der Waals surface area contributed by atoms with Gasteiger partial charge in [-0.3, -0.25) is 0 Å². The summed E-state index contributed by atoms with van der Waals surface area (Å²) in [7, 11) is 0. The van der Waals surface area contributed by atoms with Gasteiger partial charge in [-0.1, -0.05) is 53.3 Å². The van der Waals surface area contributed by atoms with E-state index in [4.69, 9.17) is 11.6 Å². The maximum absolute atomic E-state index is 12.6. The molecular formula is C21H18ClN5OS. The van der Waals surface area contributed by atoms with Crippen LogP contribution in [0.2, 0.25) is 5.02 Å². The maximum Gasteiger partial charge on any atom is 0.318 e. The van der Waals surface area contributed by atoms with Gasteiger partial charge in [0.05, 0.1) is 12.2 Å². The molecule has 0 bridgehead atoms. The molecule has 0 unspecified atom stereocenters. The van der Waals surface area contributed by atoms with Crippen molar-refractivity contribution in [2.45, 2.75) is 19.5 Å². The molecule has 8 heteroatoms. The van der Waals surface area contributed by atoms with Crippen molar-refractivity contribution in [2.24, 2.45) is 0 Å². The number of thiazole rings is 1. The average molecular weight is 424 g/mol. The maximum atomic E-state index is 12.6. The van der Waals surface area contributed by atoms with Crippen LogP contribution >= 0.6 is 22.9 Å². The molecular weight excluding hydrogens is 406 g/mol. The third-order valence-electron chi connectivity index (χ3n) is 5.00. The van der Waals surface area contributed by atoms with Gasteiger partial charge in [0.2, 0.25) is 4.96 Å². The van der Waals surface area contributed by atoms with Gasteiger partial charge in [0.15, 0.2) is 5.82 Å². The van der Waals surface area contributed by atoms with E-state index in [2.05, 4.69) is 15.4 Å². The number of carbonyl (C=O) groups excluding carboxylic acids is 1. The van der Waals surface area contributed by atoms with Crippen LogP contribution in [0.25, 0.3) is 16.3 Å². The molecule has 2 aromatic carbocycles. The van der Waals surface area contributed by atoms with Gasteiger partial charge in [-0.25, -0.2) is 9.31 Å². The highest BCUT2D eigenvalue weighted by molar-refractivity contribution is 7.17. The van der Waals surface area contributed by atoms with Crippen molar-refractivity contribution in [3.8, 4) is 11.4 Å². The Balaban J connectivity index is 1.31. The summed E-state index contributed by atoms with van der Waals surface area (Å²) < 4.78 is 1.92. The van der Waals surface area contributed by atoms with E-state index in [1.807, 2.05) is 64.0 Å². The van der Waals surface area contributed by atoms with Gasteiger partial charge in [0, 0.05) is 35.0 Å². The number of urea groups is 1. The lowest BCUT2D eigenvalue weighted by Crippen LogP contribution is -2.42. The number of nitrogens with zero attached hydrogens (tertiary/aromatic N) is 4. The van der Waals surface area contributed by atoms with E-state index in [0.29, 0.717) is 30.5 Å². The van der Waals surface area contributed by atoms with Crippen molar-refractivity contribution < 1.29 is 4.79 Å². The third-order valence-corrected chi connectivity index (χ3v) is 6.31. The van der Waals surface area contributed by atoms with E-state index in [-0.39, 0.29) is 6.03 Å². The molecule has 0 spiro atoms. The molecule has 0 fully saturated rings. The van der Waals surface area contributed by atoms with Crippen molar-refractivity contribution in [2.75, 3.05) is 6.54 Å². The Labute approximate surface area is 176 Å². The Morgan fingerprint density at radius 3 is 2.72 bits per heavy atom. The molecule has 1 aliphatic rings. The van der Waals surface area contributed by atoms with Gasteiger partial charge in [-0.05, 0) is 29.8 Å². The van der Waals surface area contributed by atoms with E-state index in [9.17, 15) is 4.79 Å². The van der Waals surface area contributed by atoms with E-state index in [1.165, 1.54) is 0 Å². The van der Waals surface area contributed by atoms with Crippen molar-refractivity contribution >= 4 is 33.9 Å². The molecule has 2 aromatic heterocycles. The summed E-state index contributed by atoms with van der Waals surface area (Å²) in [6.45, 7) is 1.78. The van der Waals surface area contributed by atoms with Crippen LogP contribution in [0.15, 0.2) is 54.6 Å². The molecule has 0 aliphatic carbocycles. The van der Waals surface area contributed by atoms with Crippen LogP contribution in [-0.4, -0.2) is 32.1 Å². The van der Waals surface area contributed by atoms with Gasteiger partial charge in [-0.15, -0.1) is 5.10 Å². The smallest absolute Gasteiger partial charge is 0.318 e. The monoisotopic (exact) mass is 423 g/mol. The molecule has 0 saturated heterocycles. The van der Waals surface area contributed by atoms with Crippen LogP contribution in [0, 0.1) is 0 Å². The van der Waals surface area contributed by atoms with Gasteiger partial charge < -0.3 is 10.2 Å². The van der Waals surface area contributed by atoms with E-state index in [0.717, 1.165) is 33.1 Å². The number of fused-ring (bicyclic) bond motifs is 3. The molecule has 146 valence electrons. The number of hydrogen-bond donors (Lipinski definition) is 1.